The van der Waals surface area contributed by atoms with Gasteiger partial charge in [-0.3, -0.25) is 0 Å². The van der Waals surface area contributed by atoms with E-state index in [0.29, 0.717) is 11.6 Å². The van der Waals surface area contributed by atoms with Crippen LogP contribution >= 0.6 is 27.5 Å². The maximum absolute atomic E-state index is 5.96. The van der Waals surface area contributed by atoms with Crippen LogP contribution in [0, 0.1) is 0 Å². The molecule has 0 saturated heterocycles. The quantitative estimate of drug-likeness (QED) is 0.909. The highest BCUT2D eigenvalue weighted by Gasteiger charge is 1.99. The van der Waals surface area contributed by atoms with E-state index < -0.39 is 0 Å². The van der Waals surface area contributed by atoms with Crippen LogP contribution in [0.3, 0.4) is 0 Å². The zero-order chi connectivity index (χ0) is 10.7. The first-order chi connectivity index (χ1) is 7.25. The summed E-state index contributed by atoms with van der Waals surface area (Å²) < 4.78 is 6.10. The summed E-state index contributed by atoms with van der Waals surface area (Å²) in [4.78, 5) is 0. The number of halogens is 2. The van der Waals surface area contributed by atoms with Gasteiger partial charge in [0.1, 0.15) is 5.76 Å². The number of furan rings is 1. The second-order valence-corrected chi connectivity index (χ2v) is 4.32. The molecule has 2 nitrogen and oxygen atoms in total. The first-order valence-corrected chi connectivity index (χ1v) is 5.64. The summed E-state index contributed by atoms with van der Waals surface area (Å²) >= 11 is 9.31. The number of nitrogens with one attached hydrogen (secondary N) is 1. The Hall–Kier alpha value is -0.930. The fourth-order valence-electron chi connectivity index (χ4n) is 1.21. The standard InChI is InChI=1S/C11H9BrClNO/c12-10-4-3-8(6-11(10)13)14-7-9-2-1-5-15-9/h1-6,14H,7H2. The third-order valence-electron chi connectivity index (χ3n) is 1.97. The zero-order valence-electron chi connectivity index (χ0n) is 7.84. The zero-order valence-corrected chi connectivity index (χ0v) is 10.2. The van der Waals surface area contributed by atoms with Crippen LogP contribution in [0.2, 0.25) is 5.02 Å². The van der Waals surface area contributed by atoms with E-state index in [-0.39, 0.29) is 0 Å². The second kappa shape index (κ2) is 4.73. The molecule has 15 heavy (non-hydrogen) atoms. The fraction of sp³-hybridized carbons (Fsp3) is 0.0909. The molecule has 0 aliphatic carbocycles. The van der Waals surface area contributed by atoms with Crippen LogP contribution in [-0.2, 0) is 6.54 Å². The van der Waals surface area contributed by atoms with Gasteiger partial charge in [-0.2, -0.15) is 0 Å². The minimum Gasteiger partial charge on any atom is -0.467 e. The molecule has 78 valence electrons. The molecule has 0 bridgehead atoms. The van der Waals surface area contributed by atoms with Crippen LogP contribution in [0.4, 0.5) is 5.69 Å². The van der Waals surface area contributed by atoms with E-state index in [4.69, 9.17) is 16.0 Å². The molecule has 4 heteroatoms. The minimum absolute atomic E-state index is 0.658. The highest BCUT2D eigenvalue weighted by Crippen LogP contribution is 2.25. The SMILES string of the molecule is Clc1cc(NCc2ccco2)ccc1Br. The Labute approximate surface area is 101 Å². The molecule has 0 atom stereocenters. The maximum Gasteiger partial charge on any atom is 0.122 e. The van der Waals surface area contributed by atoms with Crippen LogP contribution in [0.5, 0.6) is 0 Å². The van der Waals surface area contributed by atoms with E-state index in [1.54, 1.807) is 6.26 Å². The van der Waals surface area contributed by atoms with Crippen molar-refractivity contribution in [2.24, 2.45) is 0 Å². The molecule has 0 aliphatic heterocycles. The summed E-state index contributed by atoms with van der Waals surface area (Å²) in [5.74, 6) is 0.897. The van der Waals surface area contributed by atoms with Crippen LogP contribution in [0.15, 0.2) is 45.5 Å². The Balaban J connectivity index is 2.02. The van der Waals surface area contributed by atoms with E-state index in [0.717, 1.165) is 15.9 Å². The van der Waals surface area contributed by atoms with Crippen molar-refractivity contribution in [1.29, 1.82) is 0 Å². The normalized spacial score (nSPS) is 10.3. The molecule has 2 aromatic rings. The first-order valence-electron chi connectivity index (χ1n) is 4.47. The Morgan fingerprint density at radius 3 is 2.87 bits per heavy atom. The number of benzene rings is 1. The summed E-state index contributed by atoms with van der Waals surface area (Å²) in [6.45, 7) is 0.658. The largest absolute Gasteiger partial charge is 0.467 e. The van der Waals surface area contributed by atoms with Crippen molar-refractivity contribution < 1.29 is 4.42 Å². The van der Waals surface area contributed by atoms with Gasteiger partial charge in [0, 0.05) is 10.2 Å². The van der Waals surface area contributed by atoms with Gasteiger partial charge in [0.05, 0.1) is 17.8 Å². The van der Waals surface area contributed by atoms with Gasteiger partial charge in [-0.15, -0.1) is 0 Å². The molecule has 1 aromatic heterocycles. The molecule has 0 radical (unpaired) electrons. The average Bonchev–Trinajstić information content (AvgIpc) is 2.73. The predicted molar refractivity (Wildman–Crippen MR) is 65.2 cm³/mol. The molecule has 0 unspecified atom stereocenters. The number of hydrogen-bond acceptors (Lipinski definition) is 2. The lowest BCUT2D eigenvalue weighted by Gasteiger charge is -2.05. The summed E-state index contributed by atoms with van der Waals surface area (Å²) in [5.41, 5.74) is 0.972. The van der Waals surface area contributed by atoms with Crippen molar-refractivity contribution in [3.63, 3.8) is 0 Å². The van der Waals surface area contributed by atoms with E-state index in [2.05, 4.69) is 21.2 Å². The lowest BCUT2D eigenvalue weighted by molar-refractivity contribution is 0.518. The van der Waals surface area contributed by atoms with Crippen molar-refractivity contribution in [3.05, 3.63) is 51.9 Å². The maximum atomic E-state index is 5.96. The van der Waals surface area contributed by atoms with Gasteiger partial charge in [0.25, 0.3) is 0 Å². The van der Waals surface area contributed by atoms with Crippen LogP contribution < -0.4 is 5.32 Å². The third kappa shape index (κ3) is 2.76. The molecule has 1 heterocycles. The van der Waals surface area contributed by atoms with Crippen molar-refractivity contribution in [2.45, 2.75) is 6.54 Å². The van der Waals surface area contributed by atoms with Gasteiger partial charge >= 0.3 is 0 Å². The highest BCUT2D eigenvalue weighted by molar-refractivity contribution is 9.10. The molecule has 0 aliphatic rings. The molecule has 0 amide bonds. The molecular weight excluding hydrogens is 277 g/mol. The fourth-order valence-corrected chi connectivity index (χ4v) is 1.64. The van der Waals surface area contributed by atoms with Crippen molar-refractivity contribution in [1.82, 2.24) is 0 Å². The van der Waals surface area contributed by atoms with Gasteiger partial charge in [-0.1, -0.05) is 11.6 Å². The predicted octanol–water partition coefficient (Wildman–Crippen LogP) is 4.31. The first kappa shape index (κ1) is 10.6. The Bertz CT molecular complexity index is 442. The van der Waals surface area contributed by atoms with E-state index >= 15 is 0 Å². The molecule has 0 fully saturated rings. The summed E-state index contributed by atoms with van der Waals surface area (Å²) in [6.07, 6.45) is 1.66. The number of anilines is 1. The smallest absolute Gasteiger partial charge is 0.122 e. The monoisotopic (exact) mass is 285 g/mol. The van der Waals surface area contributed by atoms with E-state index in [1.807, 2.05) is 30.3 Å². The third-order valence-corrected chi connectivity index (χ3v) is 3.20. The van der Waals surface area contributed by atoms with Crippen molar-refractivity contribution in [2.75, 3.05) is 5.32 Å². The van der Waals surface area contributed by atoms with Gasteiger partial charge in [0.15, 0.2) is 0 Å². The van der Waals surface area contributed by atoms with Gasteiger partial charge in [-0.25, -0.2) is 0 Å². The number of hydrogen-bond donors (Lipinski definition) is 1. The highest BCUT2D eigenvalue weighted by atomic mass is 79.9. The van der Waals surface area contributed by atoms with Gasteiger partial charge in [-0.05, 0) is 46.3 Å². The summed E-state index contributed by atoms with van der Waals surface area (Å²) in [5, 5.41) is 3.91. The Kier molecular flexibility index (Phi) is 3.34. The average molecular weight is 287 g/mol. The van der Waals surface area contributed by atoms with E-state index in [9.17, 15) is 0 Å². The molecular formula is C11H9BrClNO. The second-order valence-electron chi connectivity index (χ2n) is 3.06. The molecule has 0 spiro atoms. The molecule has 1 N–H and O–H groups in total. The lowest BCUT2D eigenvalue weighted by atomic mass is 10.3. The number of rotatable bonds is 3. The van der Waals surface area contributed by atoms with Crippen LogP contribution in [0.1, 0.15) is 5.76 Å². The molecule has 1 aromatic carbocycles. The van der Waals surface area contributed by atoms with Gasteiger partial charge in [0.2, 0.25) is 0 Å². The molecule has 0 saturated carbocycles. The van der Waals surface area contributed by atoms with Gasteiger partial charge < -0.3 is 9.73 Å². The van der Waals surface area contributed by atoms with Crippen LogP contribution in [0.25, 0.3) is 0 Å². The van der Waals surface area contributed by atoms with Crippen molar-refractivity contribution >= 4 is 33.2 Å². The lowest BCUT2D eigenvalue weighted by Crippen LogP contribution is -1.97. The molecule has 2 rings (SSSR count). The summed E-state index contributed by atoms with van der Waals surface area (Å²) in [6, 6.07) is 9.53. The van der Waals surface area contributed by atoms with Crippen molar-refractivity contribution in [3.8, 4) is 0 Å². The van der Waals surface area contributed by atoms with E-state index in [1.165, 1.54) is 0 Å². The Morgan fingerprint density at radius 1 is 1.33 bits per heavy atom. The van der Waals surface area contributed by atoms with Crippen LogP contribution in [-0.4, -0.2) is 0 Å². The Morgan fingerprint density at radius 2 is 2.20 bits per heavy atom. The summed E-state index contributed by atoms with van der Waals surface area (Å²) in [7, 11) is 0. The minimum atomic E-state index is 0.658. The topological polar surface area (TPSA) is 25.2 Å².